The van der Waals surface area contributed by atoms with Crippen LogP contribution in [0.1, 0.15) is 412 Å². The predicted molar refractivity (Wildman–Crippen MR) is 334 cm³/mol. The predicted octanol–water partition coefficient (Wildman–Crippen LogP) is 22.6. The second-order valence-corrected chi connectivity index (χ2v) is 24.6. The summed E-state index contributed by atoms with van der Waals surface area (Å²) in [5.41, 5.74) is 0. The number of nitrogens with one attached hydrogen (secondary N) is 1. The molecule has 0 radical (unpaired) electrons. The fourth-order valence-corrected chi connectivity index (χ4v) is 11.5. The molecule has 0 saturated carbocycles. The van der Waals surface area contributed by atoms with Gasteiger partial charge < -0.3 is 20.3 Å². The van der Waals surface area contributed by atoms with Gasteiger partial charge in [0.05, 0.1) is 25.4 Å². The summed E-state index contributed by atoms with van der Waals surface area (Å²) in [5.74, 6) is -0.00319. The SMILES string of the molecule is CCCCCCCCCCCCCCCCCC(=O)OCCCCCCCCCCCCCCCCCCCCCCCCCCCCCCCCCC(=O)NC(CO)C(O)CCCCCCCCCCCCCCC. The van der Waals surface area contributed by atoms with E-state index in [0.717, 1.165) is 38.5 Å². The zero-order chi connectivity index (χ0) is 55.0. The number of amides is 1. The summed E-state index contributed by atoms with van der Waals surface area (Å²) in [7, 11) is 0. The number of aliphatic hydroxyl groups is 2. The Balaban J connectivity index is 3.29. The fourth-order valence-electron chi connectivity index (χ4n) is 11.5. The third-order valence-electron chi connectivity index (χ3n) is 16.9. The van der Waals surface area contributed by atoms with Crippen LogP contribution in [-0.4, -0.2) is 47.4 Å². The lowest BCUT2D eigenvalue weighted by atomic mass is 10.0. The first kappa shape index (κ1) is 74.9. The van der Waals surface area contributed by atoms with Crippen molar-refractivity contribution < 1.29 is 24.5 Å². The van der Waals surface area contributed by atoms with Crippen LogP contribution in [-0.2, 0) is 14.3 Å². The summed E-state index contributed by atoms with van der Waals surface area (Å²) >= 11 is 0. The molecule has 6 heteroatoms. The number of aliphatic hydroxyl groups excluding tert-OH is 2. The quantitative estimate of drug-likeness (QED) is 0.0417. The maximum absolute atomic E-state index is 12.5. The monoisotopic (exact) mass is 1070 g/mol. The number of rotatable bonds is 67. The second-order valence-electron chi connectivity index (χ2n) is 24.6. The largest absolute Gasteiger partial charge is 0.466 e. The van der Waals surface area contributed by atoms with Gasteiger partial charge in [0.25, 0.3) is 0 Å². The van der Waals surface area contributed by atoms with Gasteiger partial charge in [0.15, 0.2) is 0 Å². The second kappa shape index (κ2) is 66.4. The molecular weight excluding hydrogens is 935 g/mol. The number of carbonyl (C=O) groups is 2. The molecule has 0 spiro atoms. The molecule has 0 rings (SSSR count). The smallest absolute Gasteiger partial charge is 0.305 e. The average Bonchev–Trinajstić information content (AvgIpc) is 3.42. The standard InChI is InChI=1S/C70H139NO5/c1-3-5-7-9-11-13-15-17-35-40-44-48-52-56-60-64-70(75)76-65-61-57-53-49-45-41-37-34-32-30-28-26-24-22-20-18-19-21-23-25-27-29-31-33-36-39-43-47-51-55-59-63-69(74)71-67(66-72)68(73)62-58-54-50-46-42-38-16-14-12-10-8-6-4-2/h67-68,72-73H,3-66H2,1-2H3,(H,71,74). The Morgan fingerprint density at radius 1 is 0.316 bits per heavy atom. The van der Waals surface area contributed by atoms with Gasteiger partial charge in [-0.2, -0.15) is 0 Å². The van der Waals surface area contributed by atoms with Gasteiger partial charge in [-0.25, -0.2) is 0 Å². The van der Waals surface area contributed by atoms with E-state index in [-0.39, 0.29) is 18.5 Å². The molecule has 3 N–H and O–H groups in total. The van der Waals surface area contributed by atoms with Crippen LogP contribution < -0.4 is 5.32 Å². The zero-order valence-electron chi connectivity index (χ0n) is 52.0. The molecule has 0 fully saturated rings. The molecule has 0 aliphatic heterocycles. The summed E-state index contributed by atoms with van der Waals surface area (Å²) < 4.78 is 5.50. The van der Waals surface area contributed by atoms with Gasteiger partial charge in [-0.3, -0.25) is 9.59 Å². The molecule has 2 atom stereocenters. The number of esters is 1. The van der Waals surface area contributed by atoms with Crippen LogP contribution in [0.15, 0.2) is 0 Å². The molecule has 0 saturated heterocycles. The van der Waals surface area contributed by atoms with Crippen molar-refractivity contribution in [2.75, 3.05) is 13.2 Å². The Kier molecular flexibility index (Phi) is 65.4. The van der Waals surface area contributed by atoms with E-state index < -0.39 is 12.1 Å². The molecule has 0 heterocycles. The van der Waals surface area contributed by atoms with E-state index in [1.807, 2.05) is 0 Å². The lowest BCUT2D eigenvalue weighted by molar-refractivity contribution is -0.143. The third-order valence-corrected chi connectivity index (χ3v) is 16.9. The Morgan fingerprint density at radius 2 is 0.539 bits per heavy atom. The van der Waals surface area contributed by atoms with E-state index in [2.05, 4.69) is 19.2 Å². The Bertz CT molecular complexity index is 1100. The highest BCUT2D eigenvalue weighted by Gasteiger charge is 2.20. The van der Waals surface area contributed by atoms with Gasteiger partial charge >= 0.3 is 5.97 Å². The highest BCUT2D eigenvalue weighted by Crippen LogP contribution is 2.20. The first-order chi connectivity index (χ1) is 37.5. The molecule has 0 aromatic carbocycles. The average molecular weight is 1070 g/mol. The summed E-state index contributed by atoms with van der Waals surface area (Å²) in [6.45, 7) is 5.00. The lowest BCUT2D eigenvalue weighted by Gasteiger charge is -2.22. The highest BCUT2D eigenvalue weighted by molar-refractivity contribution is 5.76. The van der Waals surface area contributed by atoms with Crippen LogP contribution >= 0.6 is 0 Å². The van der Waals surface area contributed by atoms with Gasteiger partial charge in [0.1, 0.15) is 0 Å². The summed E-state index contributed by atoms with van der Waals surface area (Å²) in [6, 6.07) is -0.536. The van der Waals surface area contributed by atoms with E-state index in [9.17, 15) is 19.8 Å². The summed E-state index contributed by atoms with van der Waals surface area (Å²) in [4.78, 5) is 24.6. The molecular formula is C70H139NO5. The van der Waals surface area contributed by atoms with Crippen molar-refractivity contribution in [2.45, 2.75) is 424 Å². The third kappa shape index (κ3) is 62.1. The van der Waals surface area contributed by atoms with E-state index in [1.54, 1.807) is 0 Å². The lowest BCUT2D eigenvalue weighted by Crippen LogP contribution is -2.45. The van der Waals surface area contributed by atoms with Crippen molar-refractivity contribution in [3.63, 3.8) is 0 Å². The van der Waals surface area contributed by atoms with Crippen molar-refractivity contribution in [2.24, 2.45) is 0 Å². The van der Waals surface area contributed by atoms with E-state index >= 15 is 0 Å². The van der Waals surface area contributed by atoms with Crippen molar-refractivity contribution in [3.05, 3.63) is 0 Å². The van der Waals surface area contributed by atoms with Crippen LogP contribution in [0, 0.1) is 0 Å². The normalized spacial score (nSPS) is 12.4. The van der Waals surface area contributed by atoms with Gasteiger partial charge in [0, 0.05) is 12.8 Å². The fraction of sp³-hybridized carbons (Fsp3) is 0.971. The van der Waals surface area contributed by atoms with Gasteiger partial charge in [-0.05, 0) is 25.7 Å². The number of hydrogen-bond acceptors (Lipinski definition) is 5. The Labute approximate surface area is 476 Å². The zero-order valence-corrected chi connectivity index (χ0v) is 52.0. The van der Waals surface area contributed by atoms with Crippen molar-refractivity contribution in [1.29, 1.82) is 0 Å². The Hall–Kier alpha value is -1.14. The molecule has 0 aliphatic carbocycles. The maximum atomic E-state index is 12.5. The first-order valence-electron chi connectivity index (χ1n) is 35.3. The van der Waals surface area contributed by atoms with Crippen LogP contribution in [0.2, 0.25) is 0 Å². The molecule has 0 aromatic heterocycles. The number of unbranched alkanes of at least 4 members (excludes halogenated alkanes) is 56. The van der Waals surface area contributed by atoms with Crippen LogP contribution in [0.5, 0.6) is 0 Å². The molecule has 6 nitrogen and oxygen atoms in total. The highest BCUT2D eigenvalue weighted by atomic mass is 16.5. The van der Waals surface area contributed by atoms with E-state index in [1.165, 1.54) is 340 Å². The first-order valence-corrected chi connectivity index (χ1v) is 35.3. The van der Waals surface area contributed by atoms with Gasteiger partial charge in [-0.1, -0.05) is 373 Å². The minimum absolute atomic E-state index is 0.0247. The minimum atomic E-state index is -0.659. The maximum Gasteiger partial charge on any atom is 0.305 e. The summed E-state index contributed by atoms with van der Waals surface area (Å²) in [5, 5.41) is 23.3. The molecule has 76 heavy (non-hydrogen) atoms. The topological polar surface area (TPSA) is 95.9 Å². The minimum Gasteiger partial charge on any atom is -0.466 e. The molecule has 0 aliphatic rings. The van der Waals surface area contributed by atoms with Crippen LogP contribution in [0.4, 0.5) is 0 Å². The number of carbonyl (C=O) groups excluding carboxylic acids is 2. The van der Waals surface area contributed by atoms with Crippen LogP contribution in [0.25, 0.3) is 0 Å². The van der Waals surface area contributed by atoms with Crippen LogP contribution in [0.3, 0.4) is 0 Å². The number of hydrogen-bond donors (Lipinski definition) is 3. The van der Waals surface area contributed by atoms with Gasteiger partial charge in [0.2, 0.25) is 5.91 Å². The van der Waals surface area contributed by atoms with Gasteiger partial charge in [-0.15, -0.1) is 0 Å². The molecule has 0 bridgehead atoms. The molecule has 1 amide bonds. The molecule has 454 valence electrons. The van der Waals surface area contributed by atoms with E-state index in [4.69, 9.17) is 4.74 Å². The van der Waals surface area contributed by atoms with Crippen molar-refractivity contribution in [1.82, 2.24) is 5.32 Å². The molecule has 0 aromatic rings. The van der Waals surface area contributed by atoms with Crippen molar-refractivity contribution >= 4 is 11.9 Å². The Morgan fingerprint density at radius 3 is 0.803 bits per heavy atom. The molecule has 2 unspecified atom stereocenters. The van der Waals surface area contributed by atoms with E-state index in [0.29, 0.717) is 25.9 Å². The number of ether oxygens (including phenoxy) is 1. The summed E-state index contributed by atoms with van der Waals surface area (Å²) in [6.07, 6.45) is 80.2. The van der Waals surface area contributed by atoms with Crippen molar-refractivity contribution in [3.8, 4) is 0 Å².